The molecule has 0 radical (unpaired) electrons. The third kappa shape index (κ3) is 2.44. The summed E-state index contributed by atoms with van der Waals surface area (Å²) in [7, 11) is 0. The van der Waals surface area contributed by atoms with E-state index in [1.54, 1.807) is 12.1 Å². The van der Waals surface area contributed by atoms with Gasteiger partial charge in [0.2, 0.25) is 0 Å². The van der Waals surface area contributed by atoms with Crippen LogP contribution in [0.15, 0.2) is 28.7 Å². The number of halogens is 3. The molecule has 0 saturated carbocycles. The van der Waals surface area contributed by atoms with E-state index in [9.17, 15) is 0 Å². The quantitative estimate of drug-likeness (QED) is 0.599. The normalized spacial score (nSPS) is 10.9. The number of nitrogens with two attached hydrogens (primary N) is 1. The van der Waals surface area contributed by atoms with Gasteiger partial charge in [0.1, 0.15) is 11.0 Å². The van der Waals surface area contributed by atoms with Crippen molar-refractivity contribution in [2.24, 2.45) is 0 Å². The molecule has 3 aromatic rings. The number of fused-ring (bicyclic) bond motifs is 1. The van der Waals surface area contributed by atoms with Gasteiger partial charge in [-0.3, -0.25) is 0 Å². The molecule has 8 heteroatoms. The van der Waals surface area contributed by atoms with Crippen LogP contribution < -0.4 is 11.1 Å². The van der Waals surface area contributed by atoms with Crippen molar-refractivity contribution in [2.75, 3.05) is 11.1 Å². The summed E-state index contributed by atoms with van der Waals surface area (Å²) in [5, 5.41) is 4.21. The number of nitrogen functional groups attached to an aromatic ring is 1. The van der Waals surface area contributed by atoms with Gasteiger partial charge in [0, 0.05) is 10.2 Å². The van der Waals surface area contributed by atoms with E-state index in [2.05, 4.69) is 30.0 Å². The Balaban J connectivity index is 2.13. The fraction of sp³-hybridized carbons (Fsp3) is 0. The molecule has 0 unspecified atom stereocenters. The molecule has 1 heterocycles. The van der Waals surface area contributed by atoms with E-state index in [4.69, 9.17) is 28.9 Å². The predicted molar refractivity (Wildman–Crippen MR) is 89.3 cm³/mol. The van der Waals surface area contributed by atoms with Crippen LogP contribution in [-0.4, -0.2) is 8.75 Å². The first-order valence-electron chi connectivity index (χ1n) is 5.48. The van der Waals surface area contributed by atoms with Crippen molar-refractivity contribution in [3.63, 3.8) is 0 Å². The maximum absolute atomic E-state index is 6.25. The Hall–Kier alpha value is -1.08. The molecule has 4 nitrogen and oxygen atoms in total. The van der Waals surface area contributed by atoms with Crippen LogP contribution in [0.3, 0.4) is 0 Å². The van der Waals surface area contributed by atoms with E-state index in [0.29, 0.717) is 32.5 Å². The highest BCUT2D eigenvalue weighted by molar-refractivity contribution is 9.10. The van der Waals surface area contributed by atoms with Crippen molar-refractivity contribution >= 4 is 79.0 Å². The second kappa shape index (κ2) is 5.37. The molecule has 0 saturated heterocycles. The average molecular weight is 390 g/mol. The van der Waals surface area contributed by atoms with E-state index in [0.717, 1.165) is 21.9 Å². The molecular formula is C12H7BrCl2N4S. The van der Waals surface area contributed by atoms with Gasteiger partial charge in [-0.05, 0) is 40.2 Å². The summed E-state index contributed by atoms with van der Waals surface area (Å²) in [6.45, 7) is 0. The third-order valence-electron chi connectivity index (χ3n) is 2.70. The van der Waals surface area contributed by atoms with Crippen molar-refractivity contribution in [1.29, 1.82) is 0 Å². The van der Waals surface area contributed by atoms with Gasteiger partial charge in [0.05, 0.1) is 33.1 Å². The maximum Gasteiger partial charge on any atom is 0.131 e. The highest BCUT2D eigenvalue weighted by atomic mass is 79.9. The number of anilines is 3. The molecule has 0 bridgehead atoms. The number of benzene rings is 2. The van der Waals surface area contributed by atoms with Crippen molar-refractivity contribution in [2.45, 2.75) is 0 Å². The lowest BCUT2D eigenvalue weighted by molar-refractivity contribution is 1.52. The predicted octanol–water partition coefficient (Wildman–Crippen LogP) is 5.09. The largest absolute Gasteiger partial charge is 0.399 e. The van der Waals surface area contributed by atoms with Gasteiger partial charge in [-0.25, -0.2) is 0 Å². The average Bonchev–Trinajstić information content (AvgIpc) is 2.86. The number of hydrogen-bond donors (Lipinski definition) is 2. The molecule has 0 spiro atoms. The van der Waals surface area contributed by atoms with Crippen LogP contribution in [0.25, 0.3) is 11.0 Å². The van der Waals surface area contributed by atoms with Crippen molar-refractivity contribution in [3.05, 3.63) is 38.8 Å². The topological polar surface area (TPSA) is 63.8 Å². The summed E-state index contributed by atoms with van der Waals surface area (Å²) >= 11 is 16.9. The zero-order valence-electron chi connectivity index (χ0n) is 9.82. The lowest BCUT2D eigenvalue weighted by atomic mass is 10.2. The Morgan fingerprint density at radius 3 is 2.60 bits per heavy atom. The van der Waals surface area contributed by atoms with Crippen LogP contribution in [0, 0.1) is 0 Å². The summed E-state index contributed by atoms with van der Waals surface area (Å²) < 4.78 is 9.24. The molecule has 20 heavy (non-hydrogen) atoms. The maximum atomic E-state index is 6.25. The zero-order valence-corrected chi connectivity index (χ0v) is 13.7. The molecule has 0 fully saturated rings. The number of rotatable bonds is 2. The minimum atomic E-state index is 0.485. The molecular weight excluding hydrogens is 383 g/mol. The van der Waals surface area contributed by atoms with Crippen molar-refractivity contribution in [3.8, 4) is 0 Å². The van der Waals surface area contributed by atoms with Crippen LogP contribution in [-0.2, 0) is 0 Å². The Morgan fingerprint density at radius 2 is 1.85 bits per heavy atom. The first kappa shape index (κ1) is 13.9. The fourth-order valence-electron chi connectivity index (χ4n) is 1.76. The highest BCUT2D eigenvalue weighted by Gasteiger charge is 2.15. The van der Waals surface area contributed by atoms with E-state index in [1.807, 2.05) is 12.1 Å². The van der Waals surface area contributed by atoms with Crippen LogP contribution in [0.4, 0.5) is 17.1 Å². The number of nitrogens with zero attached hydrogens (tertiary/aromatic N) is 2. The van der Waals surface area contributed by atoms with Gasteiger partial charge in [-0.1, -0.05) is 23.2 Å². The fourth-order valence-corrected chi connectivity index (χ4v) is 3.42. The lowest BCUT2D eigenvalue weighted by Gasteiger charge is -2.11. The van der Waals surface area contributed by atoms with E-state index in [1.165, 1.54) is 0 Å². The second-order valence-corrected chi connectivity index (χ2v) is 6.24. The summed E-state index contributed by atoms with van der Waals surface area (Å²) in [6, 6.07) is 7.12. The second-order valence-electron chi connectivity index (χ2n) is 4.04. The molecule has 0 aliphatic rings. The monoisotopic (exact) mass is 388 g/mol. The molecule has 0 atom stereocenters. The van der Waals surface area contributed by atoms with Crippen molar-refractivity contribution in [1.82, 2.24) is 8.75 Å². The first-order chi connectivity index (χ1) is 9.56. The minimum Gasteiger partial charge on any atom is -0.399 e. The van der Waals surface area contributed by atoms with Crippen molar-refractivity contribution < 1.29 is 0 Å². The van der Waals surface area contributed by atoms with Gasteiger partial charge >= 0.3 is 0 Å². The molecule has 102 valence electrons. The Morgan fingerprint density at radius 1 is 1.10 bits per heavy atom. The van der Waals surface area contributed by atoms with Crippen LogP contribution in [0.1, 0.15) is 0 Å². The summed E-state index contributed by atoms with van der Waals surface area (Å²) in [5.74, 6) is 0. The minimum absolute atomic E-state index is 0.485. The van der Waals surface area contributed by atoms with E-state index in [-0.39, 0.29) is 0 Å². The Labute approximate surface area is 137 Å². The van der Waals surface area contributed by atoms with Gasteiger partial charge in [-0.15, -0.1) is 0 Å². The van der Waals surface area contributed by atoms with Crippen LogP contribution in [0.2, 0.25) is 10.0 Å². The standard InChI is InChI=1S/C12H7BrCl2N4S/c13-6-3-5(16)1-2-9(6)17-10-7(14)4-8(15)11-12(10)19-20-18-11/h1-4,17H,16H2. The zero-order chi connectivity index (χ0) is 14.3. The summed E-state index contributed by atoms with van der Waals surface area (Å²) in [6.07, 6.45) is 0. The van der Waals surface area contributed by atoms with Crippen LogP contribution in [0.5, 0.6) is 0 Å². The Bertz CT molecular complexity index is 805. The Kier molecular flexibility index (Phi) is 3.72. The molecule has 0 aliphatic carbocycles. The molecule has 2 aromatic carbocycles. The third-order valence-corrected chi connectivity index (χ3v) is 4.47. The lowest BCUT2D eigenvalue weighted by Crippen LogP contribution is -1.95. The number of aromatic nitrogens is 2. The molecule has 3 rings (SSSR count). The smallest absolute Gasteiger partial charge is 0.131 e. The summed E-state index contributed by atoms with van der Waals surface area (Å²) in [4.78, 5) is 0. The molecule has 3 N–H and O–H groups in total. The van der Waals surface area contributed by atoms with Gasteiger partial charge in [-0.2, -0.15) is 8.75 Å². The summed E-state index contributed by atoms with van der Waals surface area (Å²) in [5.41, 5.74) is 9.18. The highest BCUT2D eigenvalue weighted by Crippen LogP contribution is 2.38. The SMILES string of the molecule is Nc1ccc(Nc2c(Cl)cc(Cl)c3nsnc23)c(Br)c1. The number of hydrogen-bond acceptors (Lipinski definition) is 5. The molecule has 1 aromatic heterocycles. The molecule has 0 amide bonds. The van der Waals surface area contributed by atoms with Gasteiger partial charge < -0.3 is 11.1 Å². The van der Waals surface area contributed by atoms with Crippen LogP contribution >= 0.6 is 50.9 Å². The van der Waals surface area contributed by atoms with Gasteiger partial charge in [0.15, 0.2) is 0 Å². The van der Waals surface area contributed by atoms with E-state index >= 15 is 0 Å². The molecule has 0 aliphatic heterocycles. The number of nitrogens with one attached hydrogen (secondary N) is 1. The van der Waals surface area contributed by atoms with E-state index < -0.39 is 0 Å². The first-order valence-corrected chi connectivity index (χ1v) is 7.76. The van der Waals surface area contributed by atoms with Gasteiger partial charge in [0.25, 0.3) is 0 Å².